The van der Waals surface area contributed by atoms with Crippen molar-refractivity contribution in [2.24, 2.45) is 5.92 Å². The van der Waals surface area contributed by atoms with E-state index in [1.54, 1.807) is 13.2 Å². The highest BCUT2D eigenvalue weighted by molar-refractivity contribution is 6.74. The first kappa shape index (κ1) is 33.9. The van der Waals surface area contributed by atoms with E-state index in [4.69, 9.17) is 18.6 Å². The zero-order valence-electron chi connectivity index (χ0n) is 25.5. The molecule has 0 heterocycles. The summed E-state index contributed by atoms with van der Waals surface area (Å²) in [5, 5.41) is 10.7. The number of carbonyl (C=O) groups excluding carboxylic acids is 1. The van der Waals surface area contributed by atoms with Crippen molar-refractivity contribution in [1.82, 2.24) is 0 Å². The molecule has 2 aromatic carbocycles. The third kappa shape index (κ3) is 12.1. The summed E-state index contributed by atoms with van der Waals surface area (Å²) < 4.78 is 23.5. The SMILES string of the molecule is COc1ccc(CO[C@H](CCOCc2ccccc2)[C@H](C)C(=O)C[C@@H](O)/C=C/CCO[Si](C)(C)C(C)(C)C)cc1. The van der Waals surface area contributed by atoms with Crippen molar-refractivity contribution in [3.05, 3.63) is 77.9 Å². The molecule has 0 saturated carbocycles. The van der Waals surface area contributed by atoms with Gasteiger partial charge in [-0.2, -0.15) is 0 Å². The molecule has 0 amide bonds. The Balaban J connectivity index is 1.89. The van der Waals surface area contributed by atoms with Gasteiger partial charge in [-0.15, -0.1) is 0 Å². The molecular formula is C33H50O6Si. The fourth-order valence-corrected chi connectivity index (χ4v) is 4.95. The topological polar surface area (TPSA) is 74.2 Å². The smallest absolute Gasteiger partial charge is 0.191 e. The molecule has 0 unspecified atom stereocenters. The van der Waals surface area contributed by atoms with Gasteiger partial charge in [0.2, 0.25) is 0 Å². The number of ketones is 1. The lowest BCUT2D eigenvalue weighted by Gasteiger charge is -2.36. The zero-order chi connectivity index (χ0) is 29.6. The Morgan fingerprint density at radius 3 is 2.25 bits per heavy atom. The van der Waals surface area contributed by atoms with E-state index in [-0.39, 0.29) is 29.3 Å². The predicted molar refractivity (Wildman–Crippen MR) is 164 cm³/mol. The van der Waals surface area contributed by atoms with E-state index in [1.807, 2.05) is 67.6 Å². The Morgan fingerprint density at radius 2 is 1.62 bits per heavy atom. The summed E-state index contributed by atoms with van der Waals surface area (Å²) in [5.41, 5.74) is 2.10. The molecule has 0 fully saturated rings. The van der Waals surface area contributed by atoms with Crippen LogP contribution in [0.15, 0.2) is 66.7 Å². The molecule has 6 nitrogen and oxygen atoms in total. The zero-order valence-corrected chi connectivity index (χ0v) is 26.5. The number of ether oxygens (including phenoxy) is 3. The average Bonchev–Trinajstić information content (AvgIpc) is 2.92. The fourth-order valence-electron chi connectivity index (χ4n) is 3.89. The number of rotatable bonds is 18. The summed E-state index contributed by atoms with van der Waals surface area (Å²) >= 11 is 0. The second-order valence-electron chi connectivity index (χ2n) is 11.9. The average molecular weight is 571 g/mol. The number of carbonyl (C=O) groups is 1. The molecule has 1 N–H and O–H groups in total. The highest BCUT2D eigenvalue weighted by Gasteiger charge is 2.36. The van der Waals surface area contributed by atoms with Crippen LogP contribution >= 0.6 is 0 Å². The summed E-state index contributed by atoms with van der Waals surface area (Å²) in [6, 6.07) is 17.7. The number of hydrogen-bond acceptors (Lipinski definition) is 6. The van der Waals surface area contributed by atoms with Gasteiger partial charge in [0.15, 0.2) is 8.32 Å². The second kappa shape index (κ2) is 16.8. The van der Waals surface area contributed by atoms with E-state index in [9.17, 15) is 9.90 Å². The number of benzene rings is 2. The number of aliphatic hydroxyl groups excluding tert-OH is 1. The molecular weight excluding hydrogens is 520 g/mol. The molecule has 0 aliphatic rings. The van der Waals surface area contributed by atoms with Crippen LogP contribution in [0, 0.1) is 5.92 Å². The van der Waals surface area contributed by atoms with Crippen LogP contribution < -0.4 is 4.74 Å². The Hall–Kier alpha value is -2.29. The molecule has 0 aliphatic heterocycles. The first-order valence-corrected chi connectivity index (χ1v) is 17.2. The van der Waals surface area contributed by atoms with E-state index in [2.05, 4.69) is 33.9 Å². The summed E-state index contributed by atoms with van der Waals surface area (Å²) in [5.74, 6) is 0.368. The van der Waals surface area contributed by atoms with E-state index in [0.29, 0.717) is 39.3 Å². The van der Waals surface area contributed by atoms with Gasteiger partial charge < -0.3 is 23.7 Å². The standard InChI is InChI=1S/C33H50O6Si/c1-26(31(35)23-29(34)15-11-12-21-39-40(6,7)33(2,3)4)32(20-22-37-24-27-13-9-8-10-14-27)38-25-28-16-18-30(36-5)19-17-28/h8-11,13-19,26,29,32,34H,12,20-25H2,1-7H3/b15-11+/t26-,29+,32-/m1/s1. The van der Waals surface area contributed by atoms with E-state index in [1.165, 1.54) is 0 Å². The Morgan fingerprint density at radius 1 is 0.975 bits per heavy atom. The van der Waals surface area contributed by atoms with Crippen molar-refractivity contribution >= 4 is 14.1 Å². The molecule has 222 valence electrons. The third-order valence-electron chi connectivity index (χ3n) is 7.67. The lowest BCUT2D eigenvalue weighted by Crippen LogP contribution is -2.40. The minimum Gasteiger partial charge on any atom is -0.497 e. The van der Waals surface area contributed by atoms with Gasteiger partial charge in [0.25, 0.3) is 0 Å². The minimum atomic E-state index is -1.79. The van der Waals surface area contributed by atoms with Gasteiger partial charge in [-0.25, -0.2) is 0 Å². The Kier molecular flexibility index (Phi) is 14.3. The normalized spacial score (nSPS) is 14.7. The highest BCUT2D eigenvalue weighted by atomic mass is 28.4. The van der Waals surface area contributed by atoms with Crippen LogP contribution in [-0.4, -0.2) is 51.7 Å². The quantitative estimate of drug-likeness (QED) is 0.117. The molecule has 0 aromatic heterocycles. The molecule has 0 aliphatic carbocycles. The first-order valence-electron chi connectivity index (χ1n) is 14.3. The summed E-state index contributed by atoms with van der Waals surface area (Å²) in [4.78, 5) is 13.1. The van der Waals surface area contributed by atoms with Crippen LogP contribution in [0.3, 0.4) is 0 Å². The van der Waals surface area contributed by atoms with Gasteiger partial charge in [0.05, 0.1) is 32.5 Å². The second-order valence-corrected chi connectivity index (χ2v) is 16.7. The van der Waals surface area contributed by atoms with Gasteiger partial charge in [0, 0.05) is 25.6 Å². The largest absolute Gasteiger partial charge is 0.497 e. The number of methoxy groups -OCH3 is 1. The molecule has 0 saturated heterocycles. The fraction of sp³-hybridized carbons (Fsp3) is 0.545. The lowest BCUT2D eigenvalue weighted by molar-refractivity contribution is -0.130. The van der Waals surface area contributed by atoms with Crippen molar-refractivity contribution in [2.45, 2.75) is 90.5 Å². The maximum absolute atomic E-state index is 13.1. The van der Waals surface area contributed by atoms with E-state index >= 15 is 0 Å². The number of hydrogen-bond donors (Lipinski definition) is 1. The van der Waals surface area contributed by atoms with Crippen LogP contribution in [0.25, 0.3) is 0 Å². The Bertz CT molecular complexity index is 1010. The summed E-state index contributed by atoms with van der Waals surface area (Å²) in [7, 11) is -0.152. The third-order valence-corrected chi connectivity index (χ3v) is 12.2. The van der Waals surface area contributed by atoms with Crippen molar-refractivity contribution in [3.8, 4) is 5.75 Å². The molecule has 0 spiro atoms. The highest BCUT2D eigenvalue weighted by Crippen LogP contribution is 2.36. The van der Waals surface area contributed by atoms with Crippen LogP contribution in [0.1, 0.15) is 58.1 Å². The number of Topliss-reactive ketones (excluding diaryl/α,β-unsaturated/α-hetero) is 1. The molecule has 7 heteroatoms. The van der Waals surface area contributed by atoms with Gasteiger partial charge in [-0.05, 0) is 54.2 Å². The maximum Gasteiger partial charge on any atom is 0.191 e. The monoisotopic (exact) mass is 570 g/mol. The predicted octanol–water partition coefficient (Wildman–Crippen LogP) is 7.11. The van der Waals surface area contributed by atoms with Crippen molar-refractivity contribution < 1.29 is 28.5 Å². The van der Waals surface area contributed by atoms with Gasteiger partial charge in [-0.3, -0.25) is 4.79 Å². The van der Waals surface area contributed by atoms with E-state index in [0.717, 1.165) is 16.9 Å². The molecule has 2 aromatic rings. The Labute approximate surface area is 242 Å². The van der Waals surface area contributed by atoms with Crippen molar-refractivity contribution in [1.29, 1.82) is 0 Å². The molecule has 40 heavy (non-hydrogen) atoms. The van der Waals surface area contributed by atoms with Crippen molar-refractivity contribution in [2.75, 3.05) is 20.3 Å². The number of aliphatic hydroxyl groups is 1. The van der Waals surface area contributed by atoms with Crippen LogP contribution in [0.2, 0.25) is 18.1 Å². The van der Waals surface area contributed by atoms with Gasteiger partial charge in [-0.1, -0.05) is 82.3 Å². The molecule has 3 atom stereocenters. The van der Waals surface area contributed by atoms with Crippen LogP contribution in [0.5, 0.6) is 5.75 Å². The first-order chi connectivity index (χ1) is 18.9. The maximum atomic E-state index is 13.1. The minimum absolute atomic E-state index is 0.0301. The summed E-state index contributed by atoms with van der Waals surface area (Å²) in [6.45, 7) is 15.0. The molecule has 0 radical (unpaired) electrons. The lowest BCUT2D eigenvalue weighted by atomic mass is 9.93. The van der Waals surface area contributed by atoms with Gasteiger partial charge >= 0.3 is 0 Å². The molecule has 2 rings (SSSR count). The van der Waals surface area contributed by atoms with Crippen LogP contribution in [-0.2, 0) is 31.9 Å². The van der Waals surface area contributed by atoms with Gasteiger partial charge in [0.1, 0.15) is 11.5 Å². The van der Waals surface area contributed by atoms with E-state index < -0.39 is 14.4 Å². The molecule has 0 bridgehead atoms. The van der Waals surface area contributed by atoms with Crippen molar-refractivity contribution in [3.63, 3.8) is 0 Å². The van der Waals surface area contributed by atoms with Crippen LogP contribution in [0.4, 0.5) is 0 Å². The summed E-state index contributed by atoms with van der Waals surface area (Å²) in [6.07, 6.45) is 3.78.